The molecule has 0 spiro atoms. The normalized spacial score (nSPS) is 14.1. The summed E-state index contributed by atoms with van der Waals surface area (Å²) in [5, 5.41) is 1.06. The predicted molar refractivity (Wildman–Crippen MR) is 231 cm³/mol. The van der Waals surface area contributed by atoms with Crippen LogP contribution < -0.4 is 35.9 Å². The molecule has 7 aromatic rings. The highest BCUT2D eigenvalue weighted by molar-refractivity contribution is 7.20. The number of alkyl halides is 24. The van der Waals surface area contributed by atoms with Gasteiger partial charge in [-0.2, -0.15) is 132 Å². The molecule has 6 aromatic carbocycles. The molecule has 0 saturated heterocycles. The van der Waals surface area contributed by atoms with Crippen molar-refractivity contribution < 1.29 is 119 Å². The Kier molecular flexibility index (Phi) is 15.1. The maximum Gasteiger partial charge on any atom is 0.416 e. The van der Waals surface area contributed by atoms with Gasteiger partial charge in [-0.25, -0.2) is 0 Å². The van der Waals surface area contributed by atoms with Crippen molar-refractivity contribution in [1.82, 2.24) is 0 Å². The molecule has 2 heterocycles. The summed E-state index contributed by atoms with van der Waals surface area (Å²) in [6, 6.07) is 9.83. The zero-order valence-electron chi connectivity index (χ0n) is 38.2. The molecule has 0 N–H and O–H groups in total. The van der Waals surface area contributed by atoms with Crippen molar-refractivity contribution in [1.29, 1.82) is 0 Å². The molecule has 0 atom stereocenters. The molecule has 78 heavy (non-hydrogen) atoms. The predicted octanol–water partition coefficient (Wildman–Crippen LogP) is 14.2. The fourth-order valence-electron chi connectivity index (χ4n) is 8.86. The van der Waals surface area contributed by atoms with Crippen LogP contribution in [0.2, 0.25) is 0 Å². The van der Waals surface area contributed by atoms with Crippen molar-refractivity contribution in [2.75, 3.05) is 13.2 Å². The van der Waals surface area contributed by atoms with Crippen molar-refractivity contribution in [2.45, 2.75) is 56.0 Å². The van der Waals surface area contributed by atoms with Gasteiger partial charge >= 0.3 is 49.4 Å². The third-order valence-electron chi connectivity index (χ3n) is 12.2. The van der Waals surface area contributed by atoms with Crippen LogP contribution in [0.1, 0.15) is 50.1 Å². The number of rotatable bonds is 6. The van der Waals surface area contributed by atoms with E-state index in [-0.39, 0.29) is 0 Å². The van der Waals surface area contributed by atoms with Gasteiger partial charge in [-0.1, -0.05) is 84.9 Å². The molecule has 416 valence electrons. The van der Waals surface area contributed by atoms with Crippen LogP contribution in [0.25, 0.3) is 10.9 Å². The molecule has 0 radical (unpaired) electrons. The monoisotopic (exact) mass is 1140 g/mol. The topological polar surface area (TPSA) is 22.3 Å². The van der Waals surface area contributed by atoms with Crippen molar-refractivity contribution in [2.24, 2.45) is 0 Å². The molecule has 0 aliphatic carbocycles. The van der Waals surface area contributed by atoms with E-state index in [1.165, 1.54) is 5.56 Å². The van der Waals surface area contributed by atoms with E-state index in [9.17, 15) is 105 Å². The Morgan fingerprint density at radius 3 is 0.897 bits per heavy atom. The lowest BCUT2D eigenvalue weighted by Crippen LogP contribution is -2.75. The second-order valence-corrected chi connectivity index (χ2v) is 17.4. The molecule has 0 amide bonds. The van der Waals surface area contributed by atoms with E-state index in [0.717, 1.165) is 28.9 Å². The van der Waals surface area contributed by atoms with Crippen LogP contribution in [0.4, 0.5) is 105 Å². The van der Waals surface area contributed by atoms with Gasteiger partial charge in [0.2, 0.25) is 5.52 Å². The van der Waals surface area contributed by atoms with Crippen LogP contribution in [0, 0.1) is 0 Å². The smallest absolute Gasteiger partial charge is 0.416 e. The molecular formula is C50H28BF24NO2. The van der Waals surface area contributed by atoms with Gasteiger partial charge in [0, 0.05) is 17.7 Å². The maximum atomic E-state index is 14.2. The summed E-state index contributed by atoms with van der Waals surface area (Å²) in [7, 11) is 0. The minimum atomic E-state index is -6.13. The highest BCUT2D eigenvalue weighted by atomic mass is 19.4. The molecule has 1 aliphatic rings. The van der Waals surface area contributed by atoms with Crippen LogP contribution in [0.3, 0.4) is 0 Å². The first-order chi connectivity index (χ1) is 35.7. The lowest BCUT2D eigenvalue weighted by atomic mass is 9.12. The van der Waals surface area contributed by atoms with Gasteiger partial charge in [-0.15, -0.1) is 0 Å². The first-order valence-electron chi connectivity index (χ1n) is 21.8. The van der Waals surface area contributed by atoms with E-state index < -0.39 is 195 Å². The fourth-order valence-corrected chi connectivity index (χ4v) is 8.86. The number of hydrogen-bond donors (Lipinski definition) is 0. The Balaban J connectivity index is 0.000000344. The number of nitrogens with zero attached hydrogens (tertiary/aromatic N) is 1. The number of ether oxygens (including phenoxy) is 2. The molecule has 0 bridgehead atoms. The van der Waals surface area contributed by atoms with Crippen LogP contribution in [0.5, 0.6) is 11.5 Å². The lowest BCUT2D eigenvalue weighted by molar-refractivity contribution is -0.662. The van der Waals surface area contributed by atoms with Crippen molar-refractivity contribution in [3.8, 4) is 11.5 Å². The highest BCUT2D eigenvalue weighted by Gasteiger charge is 2.47. The molecule has 8 rings (SSSR count). The molecular weight excluding hydrogens is 1110 g/mol. The van der Waals surface area contributed by atoms with E-state index in [4.69, 9.17) is 9.47 Å². The zero-order valence-corrected chi connectivity index (χ0v) is 38.2. The average molecular weight is 1140 g/mol. The fraction of sp³-hybridized carbons (Fsp3) is 0.220. The first-order valence-corrected chi connectivity index (χ1v) is 21.8. The Bertz CT molecular complexity index is 2880. The van der Waals surface area contributed by atoms with E-state index >= 15 is 0 Å². The summed E-state index contributed by atoms with van der Waals surface area (Å²) in [6.07, 6.45) is -52.7. The minimum absolute atomic E-state index is 0.590. The number of benzene rings is 6. The quantitative estimate of drug-likeness (QED) is 0.0941. The van der Waals surface area contributed by atoms with Crippen LogP contribution in [-0.4, -0.2) is 19.4 Å². The highest BCUT2D eigenvalue weighted by Crippen LogP contribution is 2.42. The molecule has 1 aromatic heterocycles. The summed E-state index contributed by atoms with van der Waals surface area (Å²) < 4.78 is 355. The van der Waals surface area contributed by atoms with E-state index in [2.05, 4.69) is 41.1 Å². The van der Waals surface area contributed by atoms with Crippen LogP contribution >= 0.6 is 0 Å². The molecule has 1 aliphatic heterocycles. The maximum absolute atomic E-state index is 14.2. The Hall–Kier alpha value is -7.29. The minimum Gasteiger partial charge on any atom is -0.489 e. The average Bonchev–Trinajstić information content (AvgIpc) is 3.72. The van der Waals surface area contributed by atoms with E-state index in [1.54, 1.807) is 0 Å². The second-order valence-electron chi connectivity index (χ2n) is 17.4. The summed E-state index contributed by atoms with van der Waals surface area (Å²) in [5.41, 5.74) is -27.8. The van der Waals surface area contributed by atoms with E-state index in [1.807, 2.05) is 24.3 Å². The van der Waals surface area contributed by atoms with Crippen molar-refractivity contribution in [3.05, 3.63) is 184 Å². The standard InChI is InChI=1S/C32H12BF24.C18H16NO2/c34-25(35,36)13-1-14(26(37,38)39)6-21(5-13)33(22-7-15(27(40,41)42)2-16(8-22)28(43,44)45,23-9-17(29(46,47)48)3-18(10-23)30(49,50)51)24-11-19(31(52,53)54)4-20(12-24)32(55,56)57;1-2-5-14(6-3-1)13-19-10-9-17-18-15(19)7-4-8-16(18)20-11-12-21-17/h1-12H;1-10H,11-13H2/q-1;+1. The molecule has 28 heteroatoms. The largest absolute Gasteiger partial charge is 0.489 e. The molecule has 0 unspecified atom stereocenters. The van der Waals surface area contributed by atoms with Gasteiger partial charge in [0.15, 0.2) is 12.7 Å². The Morgan fingerprint density at radius 2 is 0.615 bits per heavy atom. The third-order valence-corrected chi connectivity index (χ3v) is 12.2. The SMILES string of the molecule is FC(F)(F)c1cc([B-](c2cc(C(F)(F)F)cc(C(F)(F)F)c2)(c2cc(C(F)(F)F)cc(C(F)(F)F)c2)c2cc(C(F)(F)F)cc(C(F)(F)F)c2)cc(C(F)(F)F)c1.c1ccc(C[n+]2ccc3c4c(cccc42)OCCO3)cc1. The second kappa shape index (κ2) is 20.2. The van der Waals surface area contributed by atoms with Gasteiger partial charge in [0.25, 0.3) is 0 Å². The van der Waals surface area contributed by atoms with E-state index in [0.29, 0.717) is 13.2 Å². The number of halogens is 24. The molecule has 3 nitrogen and oxygen atoms in total. The summed E-state index contributed by atoms with van der Waals surface area (Å²) in [6.45, 7) is 2.01. The van der Waals surface area contributed by atoms with Crippen molar-refractivity contribution >= 4 is 38.9 Å². The van der Waals surface area contributed by atoms with Gasteiger partial charge in [-0.05, 0) is 30.3 Å². The van der Waals surface area contributed by atoms with Crippen LogP contribution in [0.15, 0.2) is 134 Å². The Labute approximate surface area is 422 Å². The van der Waals surface area contributed by atoms with Crippen molar-refractivity contribution in [3.63, 3.8) is 0 Å². The first kappa shape index (κ1) is 58.4. The number of aromatic nitrogens is 1. The van der Waals surface area contributed by atoms with Gasteiger partial charge in [0.1, 0.15) is 36.2 Å². The Morgan fingerprint density at radius 1 is 0.333 bits per heavy atom. The lowest BCUT2D eigenvalue weighted by Gasteiger charge is -2.46. The number of hydrogen-bond acceptors (Lipinski definition) is 2. The van der Waals surface area contributed by atoms with Gasteiger partial charge < -0.3 is 9.47 Å². The zero-order chi connectivity index (χ0) is 58.0. The molecule has 0 fully saturated rings. The third kappa shape index (κ3) is 12.5. The number of pyridine rings is 1. The molecule has 0 saturated carbocycles. The summed E-state index contributed by atoms with van der Waals surface area (Å²) in [4.78, 5) is 0. The van der Waals surface area contributed by atoms with Gasteiger partial charge in [0.05, 0.1) is 44.5 Å². The summed E-state index contributed by atoms with van der Waals surface area (Å²) >= 11 is 0. The van der Waals surface area contributed by atoms with Crippen LogP contribution in [-0.2, 0) is 56.0 Å². The summed E-state index contributed by atoms with van der Waals surface area (Å²) in [5.74, 6) is 1.81. The van der Waals surface area contributed by atoms with Gasteiger partial charge in [-0.3, -0.25) is 0 Å².